The molecule has 6 heteroatoms. The maximum atomic E-state index is 12.6. The van der Waals surface area contributed by atoms with Crippen molar-refractivity contribution in [2.75, 3.05) is 10.6 Å². The number of hydrogen-bond acceptors (Lipinski definition) is 4. The van der Waals surface area contributed by atoms with Gasteiger partial charge in [0.05, 0.1) is 16.6 Å². The Morgan fingerprint density at radius 2 is 1.63 bits per heavy atom. The largest absolute Gasteiger partial charge is 0.322 e. The number of aromatic nitrogens is 1. The standard InChI is InChI=1S/C24H21N3O2S/c1-15-7-3-5-9-17(15)14-22(28)27-24-26-20-12-11-18(13-21(20)30-24)23(29)25-19-10-6-4-8-16(19)2/h3-13H,14H2,1-2H3,(H,25,29)(H,26,27,28). The number of anilines is 2. The van der Waals surface area contributed by atoms with E-state index in [0.717, 1.165) is 32.6 Å². The molecule has 2 N–H and O–H groups in total. The van der Waals surface area contributed by atoms with Crippen LogP contribution in [-0.4, -0.2) is 16.8 Å². The molecule has 0 atom stereocenters. The highest BCUT2D eigenvalue weighted by Gasteiger charge is 2.13. The lowest BCUT2D eigenvalue weighted by molar-refractivity contribution is -0.115. The Labute approximate surface area is 178 Å². The minimum atomic E-state index is -0.176. The highest BCUT2D eigenvalue weighted by atomic mass is 32.1. The van der Waals surface area contributed by atoms with Gasteiger partial charge in [-0.15, -0.1) is 0 Å². The molecule has 0 aliphatic carbocycles. The lowest BCUT2D eigenvalue weighted by Crippen LogP contribution is -2.14. The quantitative estimate of drug-likeness (QED) is 0.462. The van der Waals surface area contributed by atoms with Crippen molar-refractivity contribution in [3.8, 4) is 0 Å². The molecule has 0 bridgehead atoms. The molecule has 5 nitrogen and oxygen atoms in total. The number of thiazole rings is 1. The van der Waals surface area contributed by atoms with Crippen LogP contribution < -0.4 is 10.6 Å². The molecule has 0 radical (unpaired) electrons. The molecule has 0 aliphatic heterocycles. The van der Waals surface area contributed by atoms with Crippen molar-refractivity contribution < 1.29 is 9.59 Å². The normalized spacial score (nSPS) is 10.7. The van der Waals surface area contributed by atoms with E-state index in [9.17, 15) is 9.59 Å². The van der Waals surface area contributed by atoms with Crippen LogP contribution in [-0.2, 0) is 11.2 Å². The fourth-order valence-corrected chi connectivity index (χ4v) is 4.09. The van der Waals surface area contributed by atoms with E-state index in [4.69, 9.17) is 0 Å². The first-order valence-electron chi connectivity index (χ1n) is 9.61. The molecule has 4 rings (SSSR count). The summed E-state index contributed by atoms with van der Waals surface area (Å²) >= 11 is 1.36. The molecule has 0 unspecified atom stereocenters. The number of benzene rings is 3. The van der Waals surface area contributed by atoms with Crippen molar-refractivity contribution in [2.45, 2.75) is 20.3 Å². The Hall–Kier alpha value is -3.51. The third kappa shape index (κ3) is 4.39. The van der Waals surface area contributed by atoms with Gasteiger partial charge in [0.1, 0.15) is 0 Å². The molecule has 30 heavy (non-hydrogen) atoms. The number of carbonyl (C=O) groups is 2. The average Bonchev–Trinajstić information content (AvgIpc) is 3.12. The van der Waals surface area contributed by atoms with Crippen LogP contribution in [0.2, 0.25) is 0 Å². The SMILES string of the molecule is Cc1ccccc1CC(=O)Nc1nc2ccc(C(=O)Nc3ccccc3C)cc2s1. The maximum absolute atomic E-state index is 12.6. The number of rotatable bonds is 5. The molecule has 1 aromatic heterocycles. The number of para-hydroxylation sites is 1. The molecule has 0 saturated carbocycles. The minimum Gasteiger partial charge on any atom is -0.322 e. The zero-order chi connectivity index (χ0) is 21.1. The Balaban J connectivity index is 1.48. The molecule has 3 aromatic carbocycles. The van der Waals surface area contributed by atoms with E-state index in [2.05, 4.69) is 15.6 Å². The third-order valence-electron chi connectivity index (χ3n) is 4.90. The molecule has 4 aromatic rings. The van der Waals surface area contributed by atoms with Gasteiger partial charge in [-0.2, -0.15) is 0 Å². The van der Waals surface area contributed by atoms with Crippen LogP contribution in [0.1, 0.15) is 27.0 Å². The summed E-state index contributed by atoms with van der Waals surface area (Å²) in [5.74, 6) is -0.286. The molecule has 0 spiro atoms. The highest BCUT2D eigenvalue weighted by molar-refractivity contribution is 7.22. The first kappa shape index (κ1) is 19.8. The van der Waals surface area contributed by atoms with Crippen molar-refractivity contribution in [3.63, 3.8) is 0 Å². The summed E-state index contributed by atoms with van der Waals surface area (Å²) in [6, 6.07) is 20.8. The van der Waals surface area contributed by atoms with Crippen LogP contribution in [0.25, 0.3) is 10.2 Å². The number of hydrogen-bond donors (Lipinski definition) is 2. The van der Waals surface area contributed by atoms with E-state index in [-0.39, 0.29) is 11.8 Å². The summed E-state index contributed by atoms with van der Waals surface area (Å²) in [6.07, 6.45) is 0.298. The first-order valence-corrected chi connectivity index (χ1v) is 10.4. The lowest BCUT2D eigenvalue weighted by atomic mass is 10.1. The van der Waals surface area contributed by atoms with Gasteiger partial charge in [-0.05, 0) is 54.8 Å². The van der Waals surface area contributed by atoms with Crippen LogP contribution in [0.4, 0.5) is 10.8 Å². The Kier molecular flexibility index (Phi) is 5.59. The van der Waals surface area contributed by atoms with E-state index in [1.54, 1.807) is 18.2 Å². The average molecular weight is 416 g/mol. The second-order valence-corrected chi connectivity index (χ2v) is 8.15. The van der Waals surface area contributed by atoms with Crippen LogP contribution >= 0.6 is 11.3 Å². The summed E-state index contributed by atoms with van der Waals surface area (Å²) in [4.78, 5) is 29.5. The molecule has 0 saturated heterocycles. The second-order valence-electron chi connectivity index (χ2n) is 7.12. The first-order chi connectivity index (χ1) is 14.5. The summed E-state index contributed by atoms with van der Waals surface area (Å²) in [7, 11) is 0. The van der Waals surface area contributed by atoms with Gasteiger partial charge in [0, 0.05) is 11.3 Å². The molecule has 0 fully saturated rings. The van der Waals surface area contributed by atoms with E-state index in [1.165, 1.54) is 11.3 Å². The number of amides is 2. The second kappa shape index (κ2) is 8.47. The predicted octanol–water partition coefficient (Wildman–Crippen LogP) is 5.35. The number of nitrogens with zero attached hydrogens (tertiary/aromatic N) is 1. The van der Waals surface area contributed by atoms with Crippen LogP contribution in [0.3, 0.4) is 0 Å². The van der Waals surface area contributed by atoms with Gasteiger partial charge >= 0.3 is 0 Å². The monoisotopic (exact) mass is 415 g/mol. The van der Waals surface area contributed by atoms with Gasteiger partial charge < -0.3 is 10.6 Å². The number of fused-ring (bicyclic) bond motifs is 1. The van der Waals surface area contributed by atoms with Crippen molar-refractivity contribution >= 4 is 44.2 Å². The summed E-state index contributed by atoms with van der Waals surface area (Å²) < 4.78 is 0.846. The number of carbonyl (C=O) groups excluding carboxylic acids is 2. The molecule has 150 valence electrons. The zero-order valence-electron chi connectivity index (χ0n) is 16.7. The Morgan fingerprint density at radius 1 is 0.900 bits per heavy atom. The third-order valence-corrected chi connectivity index (χ3v) is 5.84. The van der Waals surface area contributed by atoms with E-state index in [0.29, 0.717) is 17.1 Å². The molecule has 0 aliphatic rings. The number of aryl methyl sites for hydroxylation is 2. The highest BCUT2D eigenvalue weighted by Crippen LogP contribution is 2.27. The fraction of sp³-hybridized carbons (Fsp3) is 0.125. The number of nitrogens with one attached hydrogen (secondary N) is 2. The lowest BCUT2D eigenvalue weighted by Gasteiger charge is -2.07. The Morgan fingerprint density at radius 3 is 2.40 bits per heavy atom. The van der Waals surface area contributed by atoms with Crippen LogP contribution in [0.5, 0.6) is 0 Å². The van der Waals surface area contributed by atoms with E-state index in [1.807, 2.05) is 62.4 Å². The summed E-state index contributed by atoms with van der Waals surface area (Å²) in [6.45, 7) is 3.94. The van der Waals surface area contributed by atoms with Crippen molar-refractivity contribution in [1.29, 1.82) is 0 Å². The zero-order valence-corrected chi connectivity index (χ0v) is 17.5. The molecular formula is C24H21N3O2S. The predicted molar refractivity (Wildman–Crippen MR) is 122 cm³/mol. The van der Waals surface area contributed by atoms with Gasteiger partial charge in [0.2, 0.25) is 5.91 Å². The van der Waals surface area contributed by atoms with Crippen molar-refractivity contribution in [2.24, 2.45) is 0 Å². The van der Waals surface area contributed by atoms with E-state index >= 15 is 0 Å². The minimum absolute atomic E-state index is 0.110. The smallest absolute Gasteiger partial charge is 0.255 e. The van der Waals surface area contributed by atoms with Gasteiger partial charge in [0.15, 0.2) is 5.13 Å². The summed E-state index contributed by atoms with van der Waals surface area (Å²) in [5, 5.41) is 6.34. The van der Waals surface area contributed by atoms with Crippen LogP contribution in [0, 0.1) is 13.8 Å². The van der Waals surface area contributed by atoms with Gasteiger partial charge in [-0.1, -0.05) is 53.8 Å². The van der Waals surface area contributed by atoms with Crippen molar-refractivity contribution in [1.82, 2.24) is 4.98 Å². The summed E-state index contributed by atoms with van der Waals surface area (Å²) in [5.41, 5.74) is 5.16. The molecule has 1 heterocycles. The topological polar surface area (TPSA) is 71.1 Å². The van der Waals surface area contributed by atoms with Gasteiger partial charge in [0.25, 0.3) is 5.91 Å². The maximum Gasteiger partial charge on any atom is 0.255 e. The molecule has 2 amide bonds. The van der Waals surface area contributed by atoms with Gasteiger partial charge in [-0.3, -0.25) is 9.59 Å². The fourth-order valence-electron chi connectivity index (χ4n) is 3.17. The van der Waals surface area contributed by atoms with E-state index < -0.39 is 0 Å². The molecular weight excluding hydrogens is 394 g/mol. The van der Waals surface area contributed by atoms with Gasteiger partial charge in [-0.25, -0.2) is 4.98 Å². The van der Waals surface area contributed by atoms with Crippen LogP contribution in [0.15, 0.2) is 66.7 Å². The van der Waals surface area contributed by atoms with Crippen molar-refractivity contribution in [3.05, 3.63) is 89.0 Å². The Bertz CT molecular complexity index is 1250.